The Morgan fingerprint density at radius 3 is 2.94 bits per heavy atom. The smallest absolute Gasteiger partial charge is 0.0875 e. The lowest BCUT2D eigenvalue weighted by atomic mass is 10.0. The average molecular weight is 313 g/mol. The number of terminal acetylenes is 1. The van der Waals surface area contributed by atoms with Crippen molar-refractivity contribution in [3.8, 4) is 12.3 Å². The second-order valence-corrected chi connectivity index (χ2v) is 5.63. The van der Waals surface area contributed by atoms with Crippen molar-refractivity contribution in [2.75, 3.05) is 0 Å². The van der Waals surface area contributed by atoms with E-state index in [2.05, 4.69) is 40.9 Å². The summed E-state index contributed by atoms with van der Waals surface area (Å²) < 4.78 is 6.01. The zero-order chi connectivity index (χ0) is 13.4. The Hall–Kier alpha value is -0.560. The number of aliphatic hydroxyl groups excluding tert-OH is 1. The fourth-order valence-electron chi connectivity index (χ4n) is 2.00. The largest absolute Gasteiger partial charge is 0.390 e. The molecule has 0 aliphatic carbocycles. The van der Waals surface area contributed by atoms with Gasteiger partial charge in [0.05, 0.1) is 18.3 Å². The molecule has 4 atom stereocenters. The van der Waals surface area contributed by atoms with Gasteiger partial charge >= 0.3 is 0 Å². The Morgan fingerprint density at radius 2 is 2.28 bits per heavy atom. The lowest BCUT2D eigenvalue weighted by molar-refractivity contribution is -0.0755. The van der Waals surface area contributed by atoms with Gasteiger partial charge in [-0.15, -0.1) is 6.42 Å². The lowest BCUT2D eigenvalue weighted by Gasteiger charge is -2.30. The average Bonchev–Trinajstić information content (AvgIpc) is 2.35. The van der Waals surface area contributed by atoms with Crippen molar-refractivity contribution >= 4 is 15.9 Å². The molecule has 100 valence electrons. The summed E-state index contributed by atoms with van der Waals surface area (Å²) in [5.74, 6) is 2.42. The van der Waals surface area contributed by atoms with Gasteiger partial charge in [0.2, 0.25) is 0 Å². The first-order valence-corrected chi connectivity index (χ1v) is 7.34. The van der Waals surface area contributed by atoms with E-state index in [9.17, 15) is 5.11 Å². The van der Waals surface area contributed by atoms with Crippen LogP contribution in [0.5, 0.6) is 0 Å². The molecule has 1 aliphatic heterocycles. The fourth-order valence-corrected chi connectivity index (χ4v) is 2.71. The number of allylic oxidation sites excluding steroid dienone is 2. The first-order valence-electron chi connectivity index (χ1n) is 6.42. The molecule has 1 N–H and O–H groups in total. The van der Waals surface area contributed by atoms with Gasteiger partial charge in [-0.1, -0.05) is 47.0 Å². The highest BCUT2D eigenvalue weighted by atomic mass is 79.9. The van der Waals surface area contributed by atoms with Gasteiger partial charge in [-0.05, 0) is 31.8 Å². The van der Waals surface area contributed by atoms with E-state index in [4.69, 9.17) is 11.2 Å². The SMILES string of the molecule is C#C/C=C/C[C@@H](O)[C@H]1C/C=C\C[C@H](Br)[C@@H](CC)O1. The molecule has 18 heavy (non-hydrogen) atoms. The Bertz CT molecular complexity index is 330. The predicted octanol–water partition coefficient (Wildman–Crippen LogP) is 3.20. The summed E-state index contributed by atoms with van der Waals surface area (Å²) in [5, 5.41) is 10.1. The summed E-state index contributed by atoms with van der Waals surface area (Å²) in [6.45, 7) is 2.10. The molecule has 0 unspecified atom stereocenters. The highest BCUT2D eigenvalue weighted by molar-refractivity contribution is 9.09. The second kappa shape index (κ2) is 8.53. The Labute approximate surface area is 118 Å². The molecule has 2 nitrogen and oxygen atoms in total. The zero-order valence-electron chi connectivity index (χ0n) is 10.8. The summed E-state index contributed by atoms with van der Waals surface area (Å²) in [7, 11) is 0. The number of aliphatic hydroxyl groups is 1. The van der Waals surface area contributed by atoms with Gasteiger partial charge in [-0.25, -0.2) is 0 Å². The van der Waals surface area contributed by atoms with Crippen LogP contribution < -0.4 is 0 Å². The third-order valence-corrected chi connectivity index (χ3v) is 4.04. The van der Waals surface area contributed by atoms with Crippen LogP contribution >= 0.6 is 15.9 Å². The normalized spacial score (nSPS) is 32.4. The molecule has 0 spiro atoms. The Balaban J connectivity index is 2.62. The summed E-state index contributed by atoms with van der Waals surface area (Å²) in [4.78, 5) is 0.315. The van der Waals surface area contributed by atoms with Crippen LogP contribution in [-0.4, -0.2) is 28.2 Å². The molecular formula is C15H21BrO2. The molecule has 0 bridgehead atoms. The molecule has 1 rings (SSSR count). The Kier molecular flexibility index (Phi) is 7.34. The van der Waals surface area contributed by atoms with Crippen LogP contribution in [0.25, 0.3) is 0 Å². The molecule has 3 heteroatoms. The van der Waals surface area contributed by atoms with E-state index < -0.39 is 6.10 Å². The van der Waals surface area contributed by atoms with Crippen molar-refractivity contribution in [2.24, 2.45) is 0 Å². The molecule has 0 fully saturated rings. The van der Waals surface area contributed by atoms with E-state index >= 15 is 0 Å². The van der Waals surface area contributed by atoms with Crippen LogP contribution in [0.1, 0.15) is 32.6 Å². The maximum absolute atomic E-state index is 10.1. The quantitative estimate of drug-likeness (QED) is 0.491. The first-order chi connectivity index (χ1) is 8.69. The van der Waals surface area contributed by atoms with Gasteiger partial charge in [0.1, 0.15) is 0 Å². The number of alkyl halides is 1. The van der Waals surface area contributed by atoms with Crippen molar-refractivity contribution in [1.82, 2.24) is 0 Å². The molecular weight excluding hydrogens is 292 g/mol. The van der Waals surface area contributed by atoms with E-state index in [1.54, 1.807) is 6.08 Å². The van der Waals surface area contributed by atoms with Gasteiger partial charge in [0.15, 0.2) is 0 Å². The third kappa shape index (κ3) is 4.97. The number of hydrogen-bond acceptors (Lipinski definition) is 2. The minimum atomic E-state index is -0.508. The van der Waals surface area contributed by atoms with Gasteiger partial charge in [-0.2, -0.15) is 0 Å². The van der Waals surface area contributed by atoms with E-state index in [0.717, 1.165) is 19.3 Å². The minimum Gasteiger partial charge on any atom is -0.390 e. The molecule has 0 aromatic heterocycles. The second-order valence-electron chi connectivity index (χ2n) is 4.45. The van der Waals surface area contributed by atoms with Gasteiger partial charge in [-0.3, -0.25) is 0 Å². The summed E-state index contributed by atoms with van der Waals surface area (Å²) in [6, 6.07) is 0. The molecule has 0 saturated carbocycles. The van der Waals surface area contributed by atoms with Crippen LogP contribution in [0.4, 0.5) is 0 Å². The third-order valence-electron chi connectivity index (χ3n) is 3.07. The van der Waals surface area contributed by atoms with Crippen LogP contribution in [0.2, 0.25) is 0 Å². The summed E-state index contributed by atoms with van der Waals surface area (Å²) in [5.41, 5.74) is 0. The maximum Gasteiger partial charge on any atom is 0.0875 e. The first kappa shape index (κ1) is 15.5. The van der Waals surface area contributed by atoms with E-state index in [1.807, 2.05) is 6.08 Å². The maximum atomic E-state index is 10.1. The van der Waals surface area contributed by atoms with E-state index in [0.29, 0.717) is 11.2 Å². The molecule has 0 aromatic rings. The molecule has 0 aromatic carbocycles. The molecule has 0 radical (unpaired) electrons. The molecule has 0 saturated heterocycles. The fraction of sp³-hybridized carbons (Fsp3) is 0.600. The highest BCUT2D eigenvalue weighted by Crippen LogP contribution is 2.24. The lowest BCUT2D eigenvalue weighted by Crippen LogP contribution is -2.36. The molecule has 1 aliphatic rings. The van der Waals surface area contributed by atoms with E-state index in [1.165, 1.54) is 0 Å². The van der Waals surface area contributed by atoms with Crippen molar-refractivity contribution in [2.45, 2.75) is 55.7 Å². The summed E-state index contributed by atoms with van der Waals surface area (Å²) in [6.07, 6.45) is 15.5. The monoisotopic (exact) mass is 312 g/mol. The number of rotatable bonds is 4. The standard InChI is InChI=1S/C15H21BrO2/c1-3-5-6-10-13(17)15-11-8-7-9-12(16)14(4-2)18-15/h1,5-8,12-15,17H,4,9-11H2,2H3/b6-5+,8-7-/t12-,13+,14+,15+/m0/s1. The van der Waals surface area contributed by atoms with Crippen LogP contribution in [0.3, 0.4) is 0 Å². The molecule has 1 heterocycles. The minimum absolute atomic E-state index is 0.145. The Morgan fingerprint density at radius 1 is 1.56 bits per heavy atom. The number of halogens is 1. The van der Waals surface area contributed by atoms with Crippen molar-refractivity contribution in [1.29, 1.82) is 0 Å². The van der Waals surface area contributed by atoms with Crippen LogP contribution in [0.15, 0.2) is 24.3 Å². The highest BCUT2D eigenvalue weighted by Gasteiger charge is 2.26. The van der Waals surface area contributed by atoms with Gasteiger partial charge in [0.25, 0.3) is 0 Å². The summed E-state index contributed by atoms with van der Waals surface area (Å²) >= 11 is 3.64. The number of ether oxygens (including phenoxy) is 1. The molecule has 0 amide bonds. The van der Waals surface area contributed by atoms with E-state index in [-0.39, 0.29) is 12.2 Å². The van der Waals surface area contributed by atoms with Crippen molar-refractivity contribution in [3.63, 3.8) is 0 Å². The van der Waals surface area contributed by atoms with Crippen LogP contribution in [0, 0.1) is 12.3 Å². The van der Waals surface area contributed by atoms with Gasteiger partial charge < -0.3 is 9.84 Å². The van der Waals surface area contributed by atoms with Crippen LogP contribution in [-0.2, 0) is 4.74 Å². The van der Waals surface area contributed by atoms with Crippen molar-refractivity contribution < 1.29 is 9.84 Å². The zero-order valence-corrected chi connectivity index (χ0v) is 12.3. The van der Waals surface area contributed by atoms with Gasteiger partial charge in [0, 0.05) is 4.83 Å². The van der Waals surface area contributed by atoms with Crippen molar-refractivity contribution in [3.05, 3.63) is 24.3 Å². The number of hydrogen-bond donors (Lipinski definition) is 1. The predicted molar refractivity (Wildman–Crippen MR) is 78.6 cm³/mol. The topological polar surface area (TPSA) is 29.5 Å².